The maximum absolute atomic E-state index is 14.0. The Hall–Kier alpha value is -1.18. The van der Waals surface area contributed by atoms with Crippen LogP contribution in [0.25, 0.3) is 6.08 Å². The van der Waals surface area contributed by atoms with E-state index in [1.54, 1.807) is 12.1 Å². The predicted molar refractivity (Wildman–Crippen MR) is 76.0 cm³/mol. The van der Waals surface area contributed by atoms with Crippen molar-refractivity contribution in [3.63, 3.8) is 0 Å². The summed E-state index contributed by atoms with van der Waals surface area (Å²) in [5.74, 6) is -1.51. The maximum Gasteiger partial charge on any atom is 0.166 e. The topological polar surface area (TPSA) is 0 Å². The molecular weight excluding hydrogens is 242 g/mol. The Morgan fingerprint density at radius 1 is 0.895 bits per heavy atom. The lowest BCUT2D eigenvalue weighted by Gasteiger charge is -2.51. The van der Waals surface area contributed by atoms with Gasteiger partial charge in [-0.05, 0) is 22.5 Å². The lowest BCUT2D eigenvalue weighted by molar-refractivity contribution is 0.101. The van der Waals surface area contributed by atoms with Gasteiger partial charge >= 0.3 is 0 Å². The zero-order valence-electron chi connectivity index (χ0n) is 12.6. The van der Waals surface area contributed by atoms with Crippen molar-refractivity contribution >= 4 is 6.08 Å². The highest BCUT2D eigenvalue weighted by Gasteiger charge is 2.53. The summed E-state index contributed by atoms with van der Waals surface area (Å²) in [6, 6.07) is 2.98. The second-order valence-corrected chi connectivity index (χ2v) is 7.46. The molecule has 1 aliphatic rings. The normalized spacial score (nSPS) is 17.7. The molecule has 1 aromatic carbocycles. The molecule has 0 nitrogen and oxygen atoms in total. The fraction of sp³-hybridized carbons (Fsp3) is 0.529. The van der Waals surface area contributed by atoms with E-state index in [9.17, 15) is 8.78 Å². The fourth-order valence-corrected chi connectivity index (χ4v) is 3.80. The zero-order chi connectivity index (χ0) is 14.6. The number of hydrogen-bond acceptors (Lipinski definition) is 0. The maximum atomic E-state index is 14.0. The molecule has 0 saturated carbocycles. The zero-order valence-corrected chi connectivity index (χ0v) is 12.6. The summed E-state index contributed by atoms with van der Waals surface area (Å²) < 4.78 is 27.4. The van der Waals surface area contributed by atoms with E-state index in [-0.39, 0.29) is 16.2 Å². The number of allylic oxidation sites excluding steroid dienone is 1. The molecule has 1 aliphatic carbocycles. The van der Waals surface area contributed by atoms with E-state index in [0.29, 0.717) is 5.56 Å². The van der Waals surface area contributed by atoms with Gasteiger partial charge in [0.05, 0.1) is 0 Å². The molecule has 2 heteroatoms. The van der Waals surface area contributed by atoms with E-state index in [4.69, 9.17) is 0 Å². The third-order valence-corrected chi connectivity index (χ3v) is 4.42. The Labute approximate surface area is 114 Å². The van der Waals surface area contributed by atoms with E-state index in [1.807, 2.05) is 0 Å². The van der Waals surface area contributed by atoms with Gasteiger partial charge in [0.2, 0.25) is 0 Å². The van der Waals surface area contributed by atoms with Crippen molar-refractivity contribution in [1.82, 2.24) is 0 Å². The van der Waals surface area contributed by atoms with Gasteiger partial charge in [-0.1, -0.05) is 59.8 Å². The quantitative estimate of drug-likeness (QED) is 0.594. The van der Waals surface area contributed by atoms with E-state index in [2.05, 4.69) is 47.6 Å². The van der Waals surface area contributed by atoms with Crippen LogP contribution >= 0.6 is 0 Å². The molecule has 0 aliphatic heterocycles. The summed E-state index contributed by atoms with van der Waals surface area (Å²) in [4.78, 5) is 0. The minimum atomic E-state index is -0.776. The van der Waals surface area contributed by atoms with Crippen LogP contribution in [0.1, 0.15) is 52.7 Å². The van der Waals surface area contributed by atoms with Crippen molar-refractivity contribution in [1.29, 1.82) is 0 Å². The highest BCUT2D eigenvalue weighted by Crippen LogP contribution is 2.58. The Bertz CT molecular complexity index is 526. The van der Waals surface area contributed by atoms with Crippen molar-refractivity contribution in [2.75, 3.05) is 0 Å². The van der Waals surface area contributed by atoms with Crippen LogP contribution in [0, 0.1) is 22.5 Å². The van der Waals surface area contributed by atoms with Gasteiger partial charge in [0.15, 0.2) is 11.6 Å². The van der Waals surface area contributed by atoms with Crippen LogP contribution in [-0.2, 0) is 5.41 Å². The molecule has 0 unspecified atom stereocenters. The Morgan fingerprint density at radius 2 is 1.42 bits per heavy atom. The second kappa shape index (κ2) is 3.91. The van der Waals surface area contributed by atoms with Crippen molar-refractivity contribution in [3.05, 3.63) is 41.0 Å². The van der Waals surface area contributed by atoms with Crippen molar-refractivity contribution < 1.29 is 8.78 Å². The number of halogens is 2. The molecule has 0 aromatic heterocycles. The van der Waals surface area contributed by atoms with Gasteiger partial charge in [0, 0.05) is 11.0 Å². The van der Waals surface area contributed by atoms with Crippen molar-refractivity contribution in [2.24, 2.45) is 10.8 Å². The first-order chi connectivity index (χ1) is 8.52. The van der Waals surface area contributed by atoms with Gasteiger partial charge in [-0.2, -0.15) is 0 Å². The van der Waals surface area contributed by atoms with Gasteiger partial charge < -0.3 is 0 Å². The molecular formula is C17H22F2. The largest absolute Gasteiger partial charge is 0.204 e. The minimum absolute atomic E-state index is 0.0860. The van der Waals surface area contributed by atoms with Gasteiger partial charge in [-0.3, -0.25) is 0 Å². The highest BCUT2D eigenvalue weighted by molar-refractivity contribution is 5.67. The number of benzene rings is 1. The Kier molecular flexibility index (Phi) is 2.93. The van der Waals surface area contributed by atoms with E-state index >= 15 is 0 Å². The van der Waals surface area contributed by atoms with Gasteiger partial charge in [0.1, 0.15) is 0 Å². The highest BCUT2D eigenvalue weighted by atomic mass is 19.2. The molecule has 0 heterocycles. The van der Waals surface area contributed by atoms with Crippen molar-refractivity contribution in [2.45, 2.75) is 47.0 Å². The third-order valence-electron chi connectivity index (χ3n) is 4.42. The fourth-order valence-electron chi connectivity index (χ4n) is 3.80. The molecule has 104 valence electrons. The molecule has 0 N–H and O–H groups in total. The van der Waals surface area contributed by atoms with Crippen LogP contribution in [0.4, 0.5) is 8.78 Å². The SMILES string of the molecule is CC(C)(C)C1(C(C)(C)C)C=Cc2c1ccc(F)c2F. The number of fused-ring (bicyclic) bond motifs is 1. The second-order valence-electron chi connectivity index (χ2n) is 7.46. The van der Waals surface area contributed by atoms with Crippen LogP contribution in [0.5, 0.6) is 0 Å². The molecule has 2 rings (SSSR count). The lowest BCUT2D eigenvalue weighted by atomic mass is 9.52. The predicted octanol–water partition coefficient (Wildman–Crippen LogP) is 5.32. The smallest absolute Gasteiger partial charge is 0.166 e. The molecule has 0 amide bonds. The first kappa shape index (κ1) is 14.2. The minimum Gasteiger partial charge on any atom is -0.204 e. The summed E-state index contributed by atoms with van der Waals surface area (Å²) in [5, 5.41) is 0. The average Bonchev–Trinajstić information content (AvgIpc) is 2.62. The Morgan fingerprint density at radius 3 is 1.89 bits per heavy atom. The molecule has 0 radical (unpaired) electrons. The first-order valence-corrected chi connectivity index (χ1v) is 6.70. The van der Waals surface area contributed by atoms with Crippen LogP contribution in [0.15, 0.2) is 18.2 Å². The Balaban J connectivity index is 2.80. The van der Waals surface area contributed by atoms with Crippen LogP contribution in [-0.4, -0.2) is 0 Å². The molecule has 19 heavy (non-hydrogen) atoms. The first-order valence-electron chi connectivity index (χ1n) is 6.70. The van der Waals surface area contributed by atoms with E-state index in [0.717, 1.165) is 5.56 Å². The summed E-state index contributed by atoms with van der Waals surface area (Å²) in [5.41, 5.74) is 0.828. The van der Waals surface area contributed by atoms with Crippen LogP contribution < -0.4 is 0 Å². The van der Waals surface area contributed by atoms with Crippen LogP contribution in [0.3, 0.4) is 0 Å². The van der Waals surface area contributed by atoms with Gasteiger partial charge in [-0.15, -0.1) is 0 Å². The summed E-state index contributed by atoms with van der Waals surface area (Å²) in [7, 11) is 0. The lowest BCUT2D eigenvalue weighted by Crippen LogP contribution is -2.48. The standard InChI is InChI=1S/C17H22F2/c1-15(2,3)17(16(4,5)6)10-9-11-12(17)7-8-13(18)14(11)19/h7-10H,1-6H3. The van der Waals surface area contributed by atoms with E-state index in [1.165, 1.54) is 6.07 Å². The summed E-state index contributed by atoms with van der Waals surface area (Å²) >= 11 is 0. The monoisotopic (exact) mass is 264 g/mol. The summed E-state index contributed by atoms with van der Waals surface area (Å²) in [6.45, 7) is 12.9. The molecule has 1 aromatic rings. The third kappa shape index (κ3) is 1.76. The molecule has 0 bridgehead atoms. The average molecular weight is 264 g/mol. The van der Waals surface area contributed by atoms with Gasteiger partial charge in [0.25, 0.3) is 0 Å². The molecule has 0 fully saturated rings. The molecule has 0 spiro atoms. The summed E-state index contributed by atoms with van der Waals surface area (Å²) in [6.07, 6.45) is 3.80. The number of hydrogen-bond donors (Lipinski definition) is 0. The number of rotatable bonds is 0. The molecule has 0 atom stereocenters. The van der Waals surface area contributed by atoms with Crippen molar-refractivity contribution in [3.8, 4) is 0 Å². The molecule has 0 saturated heterocycles. The van der Waals surface area contributed by atoms with Gasteiger partial charge in [-0.25, -0.2) is 8.78 Å². The van der Waals surface area contributed by atoms with E-state index < -0.39 is 11.6 Å². The van der Waals surface area contributed by atoms with Crippen LogP contribution in [0.2, 0.25) is 0 Å².